The molecule has 8 nitrogen and oxygen atoms in total. The summed E-state index contributed by atoms with van der Waals surface area (Å²) >= 11 is 0. The van der Waals surface area contributed by atoms with Crippen LogP contribution in [-0.2, 0) is 19.6 Å². The summed E-state index contributed by atoms with van der Waals surface area (Å²) < 4.78 is 33.2. The van der Waals surface area contributed by atoms with Gasteiger partial charge in [-0.3, -0.25) is 9.59 Å². The number of rotatable bonds is 9. The molecule has 2 N–H and O–H groups in total. The van der Waals surface area contributed by atoms with Crippen LogP contribution in [0.25, 0.3) is 6.08 Å². The molecule has 0 aromatic heterocycles. The first-order chi connectivity index (χ1) is 13.3. The molecule has 0 radical (unpaired) electrons. The summed E-state index contributed by atoms with van der Waals surface area (Å²) in [5.41, 5.74) is -0.176. The molecule has 0 aliphatic carbocycles. The minimum atomic E-state index is -3.84. The van der Waals surface area contributed by atoms with Crippen LogP contribution in [0.5, 0.6) is 5.75 Å². The molecule has 162 valence electrons. The number of nitrogens with zero attached hydrogens (tertiary/aromatic N) is 1. The number of benzene rings is 1. The highest BCUT2D eigenvalue weighted by Crippen LogP contribution is 2.26. The molecule has 9 heteroatoms. The zero-order chi connectivity index (χ0) is 22.4. The Kier molecular flexibility index (Phi) is 8.40. The predicted octanol–water partition coefficient (Wildman–Crippen LogP) is 2.35. The maximum absolute atomic E-state index is 12.7. The van der Waals surface area contributed by atoms with Crippen LogP contribution in [0.1, 0.15) is 40.2 Å². The first-order valence-electron chi connectivity index (χ1n) is 9.22. The van der Waals surface area contributed by atoms with Gasteiger partial charge in [0.25, 0.3) is 0 Å². The number of carbonyl (C=O) groups is 2. The lowest BCUT2D eigenvalue weighted by molar-refractivity contribution is -0.142. The average molecular weight is 427 g/mol. The van der Waals surface area contributed by atoms with Crippen LogP contribution in [0.15, 0.2) is 29.2 Å². The van der Waals surface area contributed by atoms with Gasteiger partial charge in [0, 0.05) is 24.7 Å². The van der Waals surface area contributed by atoms with Gasteiger partial charge in [-0.05, 0) is 51.5 Å². The van der Waals surface area contributed by atoms with E-state index in [-0.39, 0.29) is 23.1 Å². The smallest absolute Gasteiger partial charge is 0.308 e. The lowest BCUT2D eigenvalue weighted by Crippen LogP contribution is -2.40. The minimum absolute atomic E-state index is 0.0311. The van der Waals surface area contributed by atoms with E-state index in [1.54, 1.807) is 33.8 Å². The number of sulfonamides is 1. The summed E-state index contributed by atoms with van der Waals surface area (Å²) in [6.07, 6.45) is 2.79. The molecule has 1 aromatic carbocycles. The lowest BCUT2D eigenvalue weighted by Gasteiger charge is -2.22. The normalized spacial score (nSPS) is 13.3. The van der Waals surface area contributed by atoms with Crippen molar-refractivity contribution in [1.29, 1.82) is 0 Å². The number of methoxy groups -OCH3 is 1. The van der Waals surface area contributed by atoms with Crippen LogP contribution < -0.4 is 9.46 Å². The van der Waals surface area contributed by atoms with E-state index in [9.17, 15) is 18.0 Å². The van der Waals surface area contributed by atoms with Crippen LogP contribution in [0.4, 0.5) is 0 Å². The molecule has 29 heavy (non-hydrogen) atoms. The van der Waals surface area contributed by atoms with Crippen molar-refractivity contribution in [2.75, 3.05) is 20.2 Å². The van der Waals surface area contributed by atoms with Crippen LogP contribution >= 0.6 is 0 Å². The number of carboxylic acid groups (broad SMARTS) is 1. The maximum Gasteiger partial charge on any atom is 0.308 e. The molecular formula is C20H30N2O6S. The number of amides is 1. The van der Waals surface area contributed by atoms with E-state index in [0.29, 0.717) is 12.1 Å². The van der Waals surface area contributed by atoms with Crippen LogP contribution in [0.2, 0.25) is 0 Å². The van der Waals surface area contributed by atoms with Gasteiger partial charge in [-0.15, -0.1) is 0 Å². The van der Waals surface area contributed by atoms with Gasteiger partial charge < -0.3 is 14.7 Å². The highest BCUT2D eigenvalue weighted by Gasteiger charge is 2.25. The Morgan fingerprint density at radius 2 is 1.93 bits per heavy atom. The van der Waals surface area contributed by atoms with E-state index in [0.717, 1.165) is 0 Å². The van der Waals surface area contributed by atoms with Gasteiger partial charge in [0.1, 0.15) is 10.6 Å². The first-order valence-corrected chi connectivity index (χ1v) is 10.7. The van der Waals surface area contributed by atoms with Gasteiger partial charge in [0.05, 0.1) is 13.0 Å². The molecule has 1 amide bonds. The number of hydrogen-bond donors (Lipinski definition) is 2. The first kappa shape index (κ1) is 24.6. The molecule has 1 aromatic rings. The molecule has 0 heterocycles. The summed E-state index contributed by atoms with van der Waals surface area (Å²) in [4.78, 5) is 24.8. The fourth-order valence-electron chi connectivity index (χ4n) is 2.52. The standard InChI is InChI=1S/C20H30N2O6S/c1-7-22(13-14(2)19(24)25)18(23)11-9-15-8-10-16(28-6)17(12-15)29(26,27)21-20(3,4)5/h8-12,14,21H,7,13H2,1-6H3,(H,24,25). The van der Waals surface area contributed by atoms with Gasteiger partial charge in [-0.2, -0.15) is 0 Å². The molecule has 0 fully saturated rings. The molecular weight excluding hydrogens is 396 g/mol. The second kappa shape index (κ2) is 9.89. The number of carboxylic acids is 1. The Morgan fingerprint density at radius 3 is 2.41 bits per heavy atom. The third kappa shape index (κ3) is 7.51. The van der Waals surface area contributed by atoms with Gasteiger partial charge in [0.15, 0.2) is 0 Å². The molecule has 0 aliphatic heterocycles. The van der Waals surface area contributed by atoms with Crippen molar-refractivity contribution in [3.8, 4) is 5.75 Å². The van der Waals surface area contributed by atoms with Crippen molar-refractivity contribution in [2.45, 2.75) is 45.1 Å². The Balaban J connectivity index is 3.14. The van der Waals surface area contributed by atoms with E-state index >= 15 is 0 Å². The van der Waals surface area contributed by atoms with Crippen molar-refractivity contribution >= 4 is 28.0 Å². The van der Waals surface area contributed by atoms with Gasteiger partial charge in [0.2, 0.25) is 15.9 Å². The van der Waals surface area contributed by atoms with E-state index in [1.165, 1.54) is 43.2 Å². The predicted molar refractivity (Wildman–Crippen MR) is 111 cm³/mol. The summed E-state index contributed by atoms with van der Waals surface area (Å²) in [6, 6.07) is 4.58. The van der Waals surface area contributed by atoms with Crippen LogP contribution in [-0.4, -0.2) is 56.0 Å². The molecule has 0 saturated heterocycles. The molecule has 1 unspecified atom stereocenters. The number of ether oxygens (including phenoxy) is 1. The summed E-state index contributed by atoms with van der Waals surface area (Å²) in [6.45, 7) is 8.94. The fraction of sp³-hybridized carbons (Fsp3) is 0.500. The van der Waals surface area contributed by atoms with Crippen molar-refractivity contribution < 1.29 is 27.9 Å². The minimum Gasteiger partial charge on any atom is -0.495 e. The molecule has 0 saturated carbocycles. The molecule has 0 bridgehead atoms. The second-order valence-corrected chi connectivity index (χ2v) is 9.37. The zero-order valence-corrected chi connectivity index (χ0v) is 18.5. The topological polar surface area (TPSA) is 113 Å². The SMILES string of the molecule is CCN(CC(C)C(=O)O)C(=O)C=Cc1ccc(OC)c(S(=O)(=O)NC(C)(C)C)c1. The molecule has 0 aliphatic rings. The van der Waals surface area contributed by atoms with Crippen LogP contribution in [0.3, 0.4) is 0 Å². The van der Waals surface area contributed by atoms with Crippen molar-refractivity contribution in [3.05, 3.63) is 29.8 Å². The highest BCUT2D eigenvalue weighted by molar-refractivity contribution is 7.89. The van der Waals surface area contributed by atoms with E-state index in [4.69, 9.17) is 9.84 Å². The third-order valence-corrected chi connectivity index (χ3v) is 5.72. The summed E-state index contributed by atoms with van der Waals surface area (Å²) in [5, 5.41) is 9.02. The molecule has 1 rings (SSSR count). The number of hydrogen-bond acceptors (Lipinski definition) is 5. The number of nitrogens with one attached hydrogen (secondary N) is 1. The van der Waals surface area contributed by atoms with Crippen molar-refractivity contribution in [2.24, 2.45) is 5.92 Å². The zero-order valence-electron chi connectivity index (χ0n) is 17.7. The third-order valence-electron chi connectivity index (χ3n) is 3.95. The van der Waals surface area contributed by atoms with Gasteiger partial charge in [-0.25, -0.2) is 13.1 Å². The lowest BCUT2D eigenvalue weighted by atomic mass is 10.1. The Bertz CT molecular complexity index is 871. The Labute approximate surface area is 172 Å². The van der Waals surface area contributed by atoms with E-state index < -0.39 is 27.4 Å². The number of likely N-dealkylation sites (N-methyl/N-ethyl adjacent to an activating group) is 1. The summed E-state index contributed by atoms with van der Waals surface area (Å²) in [5.74, 6) is -1.82. The van der Waals surface area contributed by atoms with Gasteiger partial charge in [-0.1, -0.05) is 13.0 Å². The maximum atomic E-state index is 12.7. The average Bonchev–Trinajstić information content (AvgIpc) is 2.61. The number of carbonyl (C=O) groups excluding carboxylic acids is 1. The molecule has 1 atom stereocenters. The van der Waals surface area contributed by atoms with E-state index in [1.807, 2.05) is 0 Å². The van der Waals surface area contributed by atoms with E-state index in [2.05, 4.69) is 4.72 Å². The van der Waals surface area contributed by atoms with Crippen LogP contribution in [0, 0.1) is 5.92 Å². The Hall–Kier alpha value is -2.39. The summed E-state index contributed by atoms with van der Waals surface area (Å²) in [7, 11) is -2.46. The van der Waals surface area contributed by atoms with Crippen molar-refractivity contribution in [1.82, 2.24) is 9.62 Å². The quantitative estimate of drug-likeness (QED) is 0.586. The molecule has 0 spiro atoms. The largest absolute Gasteiger partial charge is 0.495 e. The monoisotopic (exact) mass is 426 g/mol. The second-order valence-electron chi connectivity index (χ2n) is 7.72. The Morgan fingerprint density at radius 1 is 1.31 bits per heavy atom. The number of aliphatic carboxylic acids is 1. The van der Waals surface area contributed by atoms with Gasteiger partial charge >= 0.3 is 5.97 Å². The van der Waals surface area contributed by atoms with Crippen molar-refractivity contribution in [3.63, 3.8) is 0 Å². The fourth-order valence-corrected chi connectivity index (χ4v) is 4.15. The highest BCUT2D eigenvalue weighted by atomic mass is 32.2.